The second kappa shape index (κ2) is 3.95. The first-order chi connectivity index (χ1) is 6.13. The van der Waals surface area contributed by atoms with E-state index in [1.54, 1.807) is 12.1 Å². The molecule has 13 heavy (non-hydrogen) atoms. The highest BCUT2D eigenvalue weighted by molar-refractivity contribution is 7.80. The molecule has 0 atom stereocenters. The van der Waals surface area contributed by atoms with Gasteiger partial charge in [0.05, 0.1) is 7.11 Å². The lowest BCUT2D eigenvalue weighted by Gasteiger charge is -2.07. The molecule has 0 heterocycles. The summed E-state index contributed by atoms with van der Waals surface area (Å²) in [5.41, 5.74) is 5.95. The zero-order valence-corrected chi connectivity index (χ0v) is 7.89. The van der Waals surface area contributed by atoms with Crippen molar-refractivity contribution in [1.29, 1.82) is 0 Å². The summed E-state index contributed by atoms with van der Waals surface area (Å²) in [6.07, 6.45) is 0. The van der Waals surface area contributed by atoms with Crippen LogP contribution in [0.3, 0.4) is 0 Å². The standard InChI is InChI=1S/C8H10N2O2S/c1-12-7-4-5(10-8(9)13)2-3-6(7)11/h2-4,11H,1H3,(H3,9,10,13). The van der Waals surface area contributed by atoms with Crippen molar-refractivity contribution in [3.8, 4) is 11.5 Å². The van der Waals surface area contributed by atoms with Gasteiger partial charge >= 0.3 is 0 Å². The lowest BCUT2D eigenvalue weighted by molar-refractivity contribution is 0.374. The average molecular weight is 198 g/mol. The highest BCUT2D eigenvalue weighted by atomic mass is 32.1. The van der Waals surface area contributed by atoms with E-state index in [4.69, 9.17) is 10.5 Å². The molecule has 70 valence electrons. The Hall–Kier alpha value is -1.49. The minimum absolute atomic E-state index is 0.0796. The second-order valence-electron chi connectivity index (χ2n) is 2.38. The molecule has 0 aliphatic carbocycles. The highest BCUT2D eigenvalue weighted by Gasteiger charge is 2.02. The third kappa shape index (κ3) is 2.48. The van der Waals surface area contributed by atoms with Crippen LogP contribution in [0.4, 0.5) is 5.69 Å². The Morgan fingerprint density at radius 2 is 2.31 bits per heavy atom. The molecule has 1 aromatic carbocycles. The van der Waals surface area contributed by atoms with Crippen molar-refractivity contribution in [2.24, 2.45) is 5.73 Å². The lowest BCUT2D eigenvalue weighted by Crippen LogP contribution is -2.18. The predicted octanol–water partition coefficient (Wildman–Crippen LogP) is 1.06. The van der Waals surface area contributed by atoms with Crippen molar-refractivity contribution < 1.29 is 9.84 Å². The van der Waals surface area contributed by atoms with Crippen molar-refractivity contribution in [3.05, 3.63) is 18.2 Å². The Morgan fingerprint density at radius 3 is 2.85 bits per heavy atom. The molecule has 0 amide bonds. The molecule has 5 heteroatoms. The Kier molecular flexibility index (Phi) is 2.92. The lowest BCUT2D eigenvalue weighted by atomic mass is 10.3. The van der Waals surface area contributed by atoms with Crippen LogP contribution in [0.1, 0.15) is 0 Å². The van der Waals surface area contributed by atoms with E-state index in [0.29, 0.717) is 11.4 Å². The number of hydrogen-bond donors (Lipinski definition) is 3. The molecule has 0 saturated carbocycles. The molecule has 1 aromatic rings. The number of phenols is 1. The molecular weight excluding hydrogens is 188 g/mol. The van der Waals surface area contributed by atoms with Crippen molar-refractivity contribution in [2.45, 2.75) is 0 Å². The second-order valence-corrected chi connectivity index (χ2v) is 2.82. The summed E-state index contributed by atoms with van der Waals surface area (Å²) in [5, 5.41) is 12.2. The molecule has 0 aliphatic rings. The number of nitrogens with one attached hydrogen (secondary N) is 1. The van der Waals surface area contributed by atoms with Crippen LogP contribution in [0.2, 0.25) is 0 Å². The SMILES string of the molecule is COc1cc(NC(N)=S)ccc1O. The zero-order valence-electron chi connectivity index (χ0n) is 7.07. The van der Waals surface area contributed by atoms with E-state index in [9.17, 15) is 5.11 Å². The molecule has 0 aliphatic heterocycles. The van der Waals surface area contributed by atoms with Gasteiger partial charge < -0.3 is 20.9 Å². The predicted molar refractivity (Wildman–Crippen MR) is 55.1 cm³/mol. The quantitative estimate of drug-likeness (QED) is 0.489. The first-order valence-electron chi connectivity index (χ1n) is 3.57. The molecular formula is C8H10N2O2S. The van der Waals surface area contributed by atoms with Gasteiger partial charge in [-0.3, -0.25) is 0 Å². The molecule has 0 aromatic heterocycles. The van der Waals surface area contributed by atoms with E-state index < -0.39 is 0 Å². The van der Waals surface area contributed by atoms with Crippen LogP contribution in [0.5, 0.6) is 11.5 Å². The molecule has 1 rings (SSSR count). The van der Waals surface area contributed by atoms with Crippen LogP contribution < -0.4 is 15.8 Å². The van der Waals surface area contributed by atoms with E-state index >= 15 is 0 Å². The number of rotatable bonds is 2. The number of aromatic hydroxyl groups is 1. The van der Waals surface area contributed by atoms with Gasteiger partial charge in [-0.2, -0.15) is 0 Å². The van der Waals surface area contributed by atoms with E-state index in [-0.39, 0.29) is 10.9 Å². The summed E-state index contributed by atoms with van der Waals surface area (Å²) >= 11 is 4.65. The topological polar surface area (TPSA) is 67.5 Å². The van der Waals surface area contributed by atoms with Crippen molar-refractivity contribution in [1.82, 2.24) is 0 Å². The molecule has 0 bridgehead atoms. The molecule has 0 spiro atoms. The van der Waals surface area contributed by atoms with E-state index in [0.717, 1.165) is 0 Å². The van der Waals surface area contributed by atoms with Gasteiger partial charge in [0, 0.05) is 11.8 Å². The normalized spacial score (nSPS) is 9.31. The van der Waals surface area contributed by atoms with Gasteiger partial charge in [0.2, 0.25) is 0 Å². The summed E-state index contributed by atoms with van der Waals surface area (Å²) in [5.74, 6) is 0.456. The monoisotopic (exact) mass is 198 g/mol. The van der Waals surface area contributed by atoms with Gasteiger partial charge in [-0.1, -0.05) is 0 Å². The first kappa shape index (κ1) is 9.60. The van der Waals surface area contributed by atoms with Crippen molar-refractivity contribution >= 4 is 23.0 Å². The van der Waals surface area contributed by atoms with Gasteiger partial charge in [0.1, 0.15) is 0 Å². The van der Waals surface area contributed by atoms with E-state index in [2.05, 4.69) is 17.5 Å². The Balaban J connectivity index is 2.92. The maximum absolute atomic E-state index is 9.25. The van der Waals surface area contributed by atoms with Gasteiger partial charge in [-0.05, 0) is 24.4 Å². The number of anilines is 1. The van der Waals surface area contributed by atoms with E-state index in [1.807, 2.05) is 0 Å². The largest absolute Gasteiger partial charge is 0.504 e. The molecule has 0 fully saturated rings. The van der Waals surface area contributed by atoms with Gasteiger partial charge in [0.25, 0.3) is 0 Å². The summed E-state index contributed by atoms with van der Waals surface area (Å²) in [7, 11) is 1.47. The summed E-state index contributed by atoms with van der Waals surface area (Å²) in [6.45, 7) is 0. The zero-order chi connectivity index (χ0) is 9.84. The van der Waals surface area contributed by atoms with Crippen LogP contribution in [0.15, 0.2) is 18.2 Å². The Morgan fingerprint density at radius 1 is 1.62 bits per heavy atom. The Labute approximate surface area is 81.3 Å². The summed E-state index contributed by atoms with van der Waals surface area (Å²) in [6, 6.07) is 4.75. The van der Waals surface area contributed by atoms with Gasteiger partial charge in [0.15, 0.2) is 16.6 Å². The fourth-order valence-electron chi connectivity index (χ4n) is 0.898. The maximum Gasteiger partial charge on any atom is 0.168 e. The van der Waals surface area contributed by atoms with Gasteiger partial charge in [-0.25, -0.2) is 0 Å². The van der Waals surface area contributed by atoms with Gasteiger partial charge in [-0.15, -0.1) is 0 Å². The summed E-state index contributed by atoms with van der Waals surface area (Å²) in [4.78, 5) is 0. The van der Waals surface area contributed by atoms with Crippen molar-refractivity contribution in [3.63, 3.8) is 0 Å². The minimum atomic E-state index is 0.0796. The maximum atomic E-state index is 9.25. The smallest absolute Gasteiger partial charge is 0.168 e. The molecule has 0 saturated heterocycles. The molecule has 4 N–H and O–H groups in total. The molecule has 4 nitrogen and oxygen atoms in total. The number of nitrogens with two attached hydrogens (primary N) is 1. The number of ether oxygens (including phenoxy) is 1. The van der Waals surface area contributed by atoms with E-state index in [1.165, 1.54) is 13.2 Å². The number of thiocarbonyl (C=S) groups is 1. The summed E-state index contributed by atoms with van der Waals surface area (Å²) < 4.78 is 4.89. The van der Waals surface area contributed by atoms with Crippen LogP contribution in [0.25, 0.3) is 0 Å². The average Bonchev–Trinajstić information content (AvgIpc) is 2.07. The number of methoxy groups -OCH3 is 1. The van der Waals surface area contributed by atoms with Crippen LogP contribution in [-0.2, 0) is 0 Å². The number of benzene rings is 1. The number of phenolic OH excluding ortho intramolecular Hbond substituents is 1. The minimum Gasteiger partial charge on any atom is -0.504 e. The van der Waals surface area contributed by atoms with Crippen LogP contribution >= 0.6 is 12.2 Å². The molecule has 0 unspecified atom stereocenters. The van der Waals surface area contributed by atoms with Crippen molar-refractivity contribution in [2.75, 3.05) is 12.4 Å². The first-order valence-corrected chi connectivity index (χ1v) is 3.98. The third-order valence-corrected chi connectivity index (χ3v) is 1.55. The Bertz CT molecular complexity index is 328. The number of hydrogen-bond acceptors (Lipinski definition) is 3. The molecule has 0 radical (unpaired) electrons. The third-order valence-electron chi connectivity index (χ3n) is 1.45. The fourth-order valence-corrected chi connectivity index (χ4v) is 1.02. The van der Waals surface area contributed by atoms with Crippen LogP contribution in [-0.4, -0.2) is 17.3 Å². The van der Waals surface area contributed by atoms with Crippen LogP contribution in [0, 0.1) is 0 Å². The highest BCUT2D eigenvalue weighted by Crippen LogP contribution is 2.28. The fraction of sp³-hybridized carbons (Fsp3) is 0.125.